The van der Waals surface area contributed by atoms with E-state index in [-0.39, 0.29) is 5.97 Å². The lowest BCUT2D eigenvalue weighted by Crippen LogP contribution is -2.45. The first kappa shape index (κ1) is 16.7. The molecule has 1 saturated heterocycles. The third-order valence-corrected chi connectivity index (χ3v) is 4.28. The number of aromatic nitrogens is 1. The maximum Gasteiger partial charge on any atom is 0.337 e. The van der Waals surface area contributed by atoms with E-state index in [4.69, 9.17) is 9.26 Å². The van der Waals surface area contributed by atoms with Gasteiger partial charge in [0.15, 0.2) is 5.76 Å². The standard InChI is InChI=1S/C18H23N3O3/c1-14-10-17(24-19-14)13-21-8-6-20(7-9-21)12-15-4-3-5-16(11-15)18(22)23-2/h3-5,10-11H,6-9,12-13H2,1-2H3. The van der Waals surface area contributed by atoms with Crippen molar-refractivity contribution in [2.75, 3.05) is 33.3 Å². The molecule has 0 spiro atoms. The van der Waals surface area contributed by atoms with Gasteiger partial charge in [0.2, 0.25) is 0 Å². The molecule has 128 valence electrons. The largest absolute Gasteiger partial charge is 0.465 e. The van der Waals surface area contributed by atoms with Crippen LogP contribution in [0.3, 0.4) is 0 Å². The Balaban J connectivity index is 1.51. The van der Waals surface area contributed by atoms with Gasteiger partial charge in [-0.25, -0.2) is 4.79 Å². The molecule has 0 saturated carbocycles. The Morgan fingerprint density at radius 1 is 1.17 bits per heavy atom. The predicted molar refractivity (Wildman–Crippen MR) is 89.6 cm³/mol. The first-order valence-electron chi connectivity index (χ1n) is 8.18. The van der Waals surface area contributed by atoms with Crippen molar-refractivity contribution in [3.63, 3.8) is 0 Å². The van der Waals surface area contributed by atoms with Gasteiger partial charge in [-0.1, -0.05) is 17.3 Å². The maximum atomic E-state index is 11.6. The van der Waals surface area contributed by atoms with Gasteiger partial charge < -0.3 is 9.26 Å². The lowest BCUT2D eigenvalue weighted by Gasteiger charge is -2.34. The van der Waals surface area contributed by atoms with Gasteiger partial charge in [0.05, 0.1) is 24.9 Å². The first-order valence-corrected chi connectivity index (χ1v) is 8.18. The van der Waals surface area contributed by atoms with Crippen LogP contribution in [0.15, 0.2) is 34.9 Å². The zero-order valence-electron chi connectivity index (χ0n) is 14.2. The summed E-state index contributed by atoms with van der Waals surface area (Å²) in [7, 11) is 1.41. The number of hydrogen-bond donors (Lipinski definition) is 0. The molecule has 1 aromatic heterocycles. The van der Waals surface area contributed by atoms with Crippen LogP contribution in [-0.4, -0.2) is 54.2 Å². The number of methoxy groups -OCH3 is 1. The van der Waals surface area contributed by atoms with Gasteiger partial charge in [-0.05, 0) is 24.6 Å². The molecule has 0 N–H and O–H groups in total. The fraction of sp³-hybridized carbons (Fsp3) is 0.444. The van der Waals surface area contributed by atoms with E-state index >= 15 is 0 Å². The molecule has 6 nitrogen and oxygen atoms in total. The van der Waals surface area contributed by atoms with Crippen molar-refractivity contribution in [3.05, 3.63) is 52.9 Å². The summed E-state index contributed by atoms with van der Waals surface area (Å²) in [5, 5.41) is 3.93. The summed E-state index contributed by atoms with van der Waals surface area (Å²) >= 11 is 0. The number of esters is 1. The maximum absolute atomic E-state index is 11.6. The van der Waals surface area contributed by atoms with Crippen molar-refractivity contribution in [3.8, 4) is 0 Å². The van der Waals surface area contributed by atoms with Crippen LogP contribution in [0.25, 0.3) is 0 Å². The molecule has 0 atom stereocenters. The molecule has 1 aliphatic rings. The molecule has 0 radical (unpaired) electrons. The van der Waals surface area contributed by atoms with Crippen LogP contribution in [0.1, 0.15) is 27.4 Å². The number of benzene rings is 1. The van der Waals surface area contributed by atoms with Crippen molar-refractivity contribution in [1.82, 2.24) is 15.0 Å². The number of hydrogen-bond acceptors (Lipinski definition) is 6. The van der Waals surface area contributed by atoms with E-state index in [0.717, 1.165) is 56.3 Å². The van der Waals surface area contributed by atoms with Crippen LogP contribution in [0.5, 0.6) is 0 Å². The van der Waals surface area contributed by atoms with Gasteiger partial charge in [0, 0.05) is 38.8 Å². The Bertz CT molecular complexity index is 690. The normalized spacial score (nSPS) is 16.2. The first-order chi connectivity index (χ1) is 11.6. The second-order valence-corrected chi connectivity index (χ2v) is 6.18. The van der Waals surface area contributed by atoms with Crippen molar-refractivity contribution in [2.45, 2.75) is 20.0 Å². The summed E-state index contributed by atoms with van der Waals surface area (Å²) in [4.78, 5) is 16.4. The van der Waals surface area contributed by atoms with E-state index in [9.17, 15) is 4.79 Å². The Morgan fingerprint density at radius 2 is 1.88 bits per heavy atom. The van der Waals surface area contributed by atoms with E-state index < -0.39 is 0 Å². The summed E-state index contributed by atoms with van der Waals surface area (Å²) in [5.74, 6) is 0.635. The van der Waals surface area contributed by atoms with E-state index in [2.05, 4.69) is 21.0 Å². The fourth-order valence-corrected chi connectivity index (χ4v) is 2.99. The van der Waals surface area contributed by atoms with Crippen molar-refractivity contribution in [2.24, 2.45) is 0 Å². The van der Waals surface area contributed by atoms with Gasteiger partial charge >= 0.3 is 5.97 Å². The number of rotatable bonds is 5. The molecule has 6 heteroatoms. The Kier molecular flexibility index (Phi) is 5.27. The quantitative estimate of drug-likeness (QED) is 0.783. The van der Waals surface area contributed by atoms with Gasteiger partial charge in [-0.15, -0.1) is 0 Å². The van der Waals surface area contributed by atoms with E-state index in [1.165, 1.54) is 7.11 Å². The molecule has 2 aromatic rings. The molecule has 0 bridgehead atoms. The summed E-state index contributed by atoms with van der Waals surface area (Å²) in [6, 6.07) is 9.65. The number of ether oxygens (including phenoxy) is 1. The molecule has 1 aliphatic heterocycles. The highest BCUT2D eigenvalue weighted by Crippen LogP contribution is 2.13. The minimum Gasteiger partial charge on any atom is -0.465 e. The molecule has 1 fully saturated rings. The molecule has 1 aromatic carbocycles. The van der Waals surface area contributed by atoms with Crippen LogP contribution in [0.2, 0.25) is 0 Å². The highest BCUT2D eigenvalue weighted by molar-refractivity contribution is 5.89. The van der Waals surface area contributed by atoms with E-state index in [1.54, 1.807) is 6.07 Å². The van der Waals surface area contributed by atoms with Crippen LogP contribution in [0.4, 0.5) is 0 Å². The predicted octanol–water partition coefficient (Wildman–Crippen LogP) is 2.09. The molecule has 0 amide bonds. The van der Waals surface area contributed by atoms with E-state index in [0.29, 0.717) is 5.56 Å². The molecule has 0 aliphatic carbocycles. The van der Waals surface area contributed by atoms with Gasteiger partial charge in [-0.3, -0.25) is 9.80 Å². The molecular formula is C18H23N3O3. The van der Waals surface area contributed by atoms with Crippen LogP contribution in [-0.2, 0) is 17.8 Å². The topological polar surface area (TPSA) is 58.8 Å². The molecule has 3 rings (SSSR count). The zero-order valence-corrected chi connectivity index (χ0v) is 14.2. The SMILES string of the molecule is COC(=O)c1cccc(CN2CCN(Cc3cc(C)no3)CC2)c1. The molecule has 0 unspecified atom stereocenters. The number of aryl methyl sites for hydroxylation is 1. The van der Waals surface area contributed by atoms with Crippen molar-refractivity contribution in [1.29, 1.82) is 0 Å². The zero-order chi connectivity index (χ0) is 16.9. The minimum atomic E-state index is -0.288. The number of piperazine rings is 1. The van der Waals surface area contributed by atoms with Crippen molar-refractivity contribution < 1.29 is 14.1 Å². The summed E-state index contributed by atoms with van der Waals surface area (Å²) in [6.07, 6.45) is 0. The third-order valence-electron chi connectivity index (χ3n) is 4.28. The molecule has 2 heterocycles. The summed E-state index contributed by atoms with van der Waals surface area (Å²) in [5.41, 5.74) is 2.67. The number of carbonyl (C=O) groups excluding carboxylic acids is 1. The second-order valence-electron chi connectivity index (χ2n) is 6.18. The third kappa shape index (κ3) is 4.21. The average molecular weight is 329 g/mol. The average Bonchev–Trinajstić information content (AvgIpc) is 3.01. The van der Waals surface area contributed by atoms with Crippen LogP contribution >= 0.6 is 0 Å². The Labute approximate surface area is 142 Å². The van der Waals surface area contributed by atoms with Gasteiger partial charge in [0.25, 0.3) is 0 Å². The summed E-state index contributed by atoms with van der Waals surface area (Å²) < 4.78 is 10.1. The van der Waals surface area contributed by atoms with E-state index in [1.807, 2.05) is 25.1 Å². The fourth-order valence-electron chi connectivity index (χ4n) is 2.99. The number of nitrogens with zero attached hydrogens (tertiary/aromatic N) is 3. The van der Waals surface area contributed by atoms with Crippen LogP contribution in [0, 0.1) is 6.92 Å². The Hall–Kier alpha value is -2.18. The second kappa shape index (κ2) is 7.59. The molecular weight excluding hydrogens is 306 g/mol. The monoisotopic (exact) mass is 329 g/mol. The molecule has 24 heavy (non-hydrogen) atoms. The van der Waals surface area contributed by atoms with Gasteiger partial charge in [0.1, 0.15) is 0 Å². The van der Waals surface area contributed by atoms with Gasteiger partial charge in [-0.2, -0.15) is 0 Å². The lowest BCUT2D eigenvalue weighted by molar-refractivity contribution is 0.0600. The van der Waals surface area contributed by atoms with Crippen molar-refractivity contribution >= 4 is 5.97 Å². The smallest absolute Gasteiger partial charge is 0.337 e. The highest BCUT2D eigenvalue weighted by atomic mass is 16.5. The Morgan fingerprint density at radius 3 is 2.50 bits per heavy atom. The lowest BCUT2D eigenvalue weighted by atomic mass is 10.1. The van der Waals surface area contributed by atoms with Crippen LogP contribution < -0.4 is 0 Å². The minimum absolute atomic E-state index is 0.288. The highest BCUT2D eigenvalue weighted by Gasteiger charge is 2.18. The number of carbonyl (C=O) groups is 1. The summed E-state index contributed by atoms with van der Waals surface area (Å²) in [6.45, 7) is 7.58.